The molecule has 1 heterocycles. The average molecular weight is 366 g/mol. The summed E-state index contributed by atoms with van der Waals surface area (Å²) in [5.74, 6) is -1.04. The number of rotatable bonds is 5. The summed E-state index contributed by atoms with van der Waals surface area (Å²) in [7, 11) is 0. The molecule has 0 aliphatic heterocycles. The van der Waals surface area contributed by atoms with Gasteiger partial charge in [-0.3, -0.25) is 4.79 Å². The Morgan fingerprint density at radius 2 is 1.85 bits per heavy atom. The molecule has 0 aliphatic rings. The second-order valence-corrected chi connectivity index (χ2v) is 6.97. The number of fused-ring (bicyclic) bond motifs is 1. The van der Waals surface area contributed by atoms with Crippen LogP contribution in [0.3, 0.4) is 0 Å². The third-order valence-electron chi connectivity index (χ3n) is 3.97. The van der Waals surface area contributed by atoms with E-state index in [1.807, 2.05) is 38.1 Å². The summed E-state index contributed by atoms with van der Waals surface area (Å²) in [6.45, 7) is 4.05. The van der Waals surface area contributed by atoms with Crippen LogP contribution in [0, 0.1) is 13.8 Å². The molecule has 26 heavy (non-hydrogen) atoms. The molecule has 1 aromatic heterocycles. The maximum Gasteiger partial charge on any atom is 0.335 e. The van der Waals surface area contributed by atoms with Crippen molar-refractivity contribution in [3.63, 3.8) is 0 Å². The summed E-state index contributed by atoms with van der Waals surface area (Å²) in [6.07, 6.45) is 0. The number of aromatic nitrogens is 1. The zero-order valence-corrected chi connectivity index (χ0v) is 15.3. The molecule has 0 bridgehead atoms. The molecular weight excluding hydrogens is 348 g/mol. The Balaban J connectivity index is 1.70. The van der Waals surface area contributed by atoms with E-state index in [1.54, 1.807) is 12.1 Å². The smallest absolute Gasteiger partial charge is 0.335 e. The number of nitrogens with one attached hydrogen (secondary N) is 1. The Kier molecular flexibility index (Phi) is 5.23. The Morgan fingerprint density at radius 1 is 1.08 bits per heavy atom. The van der Waals surface area contributed by atoms with Gasteiger partial charge in [0.2, 0.25) is 5.91 Å². The maximum atomic E-state index is 12.2. The zero-order valence-electron chi connectivity index (χ0n) is 14.4. The van der Waals surface area contributed by atoms with Crippen molar-refractivity contribution >= 4 is 40.2 Å². The molecule has 3 rings (SSSR count). The number of hydrogen-bond donors (Lipinski definition) is 2. The summed E-state index contributed by atoms with van der Waals surface area (Å²) in [5.41, 5.74) is 3.77. The zero-order chi connectivity index (χ0) is 18.7. The number of amides is 1. The minimum Gasteiger partial charge on any atom is -0.478 e. The molecule has 2 aromatic carbocycles. The van der Waals surface area contributed by atoms with Crippen molar-refractivity contribution in [1.82, 2.24) is 4.98 Å². The third kappa shape index (κ3) is 4.03. The van der Waals surface area contributed by atoms with Crippen molar-refractivity contribution in [2.24, 2.45) is 0 Å². The molecule has 0 unspecified atom stereocenters. The minimum absolute atomic E-state index is 0.137. The van der Waals surface area contributed by atoms with E-state index in [0.717, 1.165) is 27.1 Å². The lowest BCUT2D eigenvalue weighted by Gasteiger charge is -2.09. The lowest BCUT2D eigenvalue weighted by atomic mass is 10.1. The number of para-hydroxylation sites is 1. The van der Waals surface area contributed by atoms with Crippen LogP contribution in [0.5, 0.6) is 0 Å². The third-order valence-corrected chi connectivity index (χ3v) is 4.88. The fraction of sp³-hybridized carbons (Fsp3) is 0.150. The average Bonchev–Trinajstić information content (AvgIpc) is 2.61. The van der Waals surface area contributed by atoms with E-state index >= 15 is 0 Å². The largest absolute Gasteiger partial charge is 0.478 e. The highest BCUT2D eigenvalue weighted by Gasteiger charge is 2.09. The summed E-state index contributed by atoms with van der Waals surface area (Å²) >= 11 is 1.36. The quantitative estimate of drug-likeness (QED) is 0.659. The van der Waals surface area contributed by atoms with Crippen molar-refractivity contribution in [2.75, 3.05) is 11.1 Å². The molecule has 3 aromatic rings. The van der Waals surface area contributed by atoms with Crippen molar-refractivity contribution in [2.45, 2.75) is 18.9 Å². The van der Waals surface area contributed by atoms with Crippen LogP contribution in [0.25, 0.3) is 10.9 Å². The standard InChI is InChI=1S/C20H18N2O3S/c1-12-5-3-8-16-13(2)9-18(22-19(12)16)26-11-17(23)21-15-7-4-6-14(10-15)20(24)25/h3-10H,11H2,1-2H3,(H,21,23)(H,24,25). The number of anilines is 1. The number of carboxylic acid groups (broad SMARTS) is 1. The number of nitrogens with zero attached hydrogens (tertiary/aromatic N) is 1. The number of pyridine rings is 1. The van der Waals surface area contributed by atoms with E-state index in [9.17, 15) is 9.59 Å². The van der Waals surface area contributed by atoms with Gasteiger partial charge in [0.15, 0.2) is 0 Å². The van der Waals surface area contributed by atoms with Crippen molar-refractivity contribution in [3.8, 4) is 0 Å². The van der Waals surface area contributed by atoms with Crippen molar-refractivity contribution < 1.29 is 14.7 Å². The molecule has 0 atom stereocenters. The number of carbonyl (C=O) groups is 2. The molecular formula is C20H18N2O3S. The first-order valence-electron chi connectivity index (χ1n) is 8.07. The van der Waals surface area contributed by atoms with Gasteiger partial charge in [0.05, 0.1) is 21.9 Å². The normalized spacial score (nSPS) is 10.7. The molecule has 0 saturated carbocycles. The number of carbonyl (C=O) groups excluding carboxylic acids is 1. The lowest BCUT2D eigenvalue weighted by molar-refractivity contribution is -0.113. The van der Waals surface area contributed by atoms with E-state index in [2.05, 4.69) is 10.3 Å². The SMILES string of the molecule is Cc1cc(SCC(=O)Nc2cccc(C(=O)O)c2)nc2c(C)cccc12. The number of aryl methyl sites for hydroxylation is 2. The highest BCUT2D eigenvalue weighted by molar-refractivity contribution is 7.99. The van der Waals surface area contributed by atoms with Crippen LogP contribution in [0.4, 0.5) is 5.69 Å². The summed E-state index contributed by atoms with van der Waals surface area (Å²) < 4.78 is 0. The Labute approximate surface area is 155 Å². The van der Waals surface area contributed by atoms with Gasteiger partial charge in [-0.25, -0.2) is 9.78 Å². The molecule has 1 amide bonds. The molecule has 6 heteroatoms. The Morgan fingerprint density at radius 3 is 2.62 bits per heavy atom. The van der Waals surface area contributed by atoms with Gasteiger partial charge in [-0.1, -0.05) is 36.0 Å². The minimum atomic E-state index is -1.03. The number of benzene rings is 2. The topological polar surface area (TPSA) is 79.3 Å². The van der Waals surface area contributed by atoms with Crippen LogP contribution < -0.4 is 5.32 Å². The van der Waals surface area contributed by atoms with Gasteiger partial charge in [0.25, 0.3) is 0 Å². The summed E-state index contributed by atoms with van der Waals surface area (Å²) in [6, 6.07) is 14.2. The fourth-order valence-electron chi connectivity index (χ4n) is 2.67. The van der Waals surface area contributed by atoms with E-state index < -0.39 is 5.97 Å². The lowest BCUT2D eigenvalue weighted by Crippen LogP contribution is -2.14. The van der Waals surface area contributed by atoms with E-state index in [4.69, 9.17) is 5.11 Å². The maximum absolute atomic E-state index is 12.2. The molecule has 0 radical (unpaired) electrons. The van der Waals surface area contributed by atoms with Gasteiger partial charge in [-0.2, -0.15) is 0 Å². The summed E-state index contributed by atoms with van der Waals surface area (Å²) in [5, 5.41) is 13.6. The molecule has 0 fully saturated rings. The van der Waals surface area contributed by atoms with E-state index in [-0.39, 0.29) is 17.2 Å². The molecule has 0 aliphatic carbocycles. The van der Waals surface area contributed by atoms with Crippen LogP contribution in [0.15, 0.2) is 53.6 Å². The Hall–Kier alpha value is -2.86. The van der Waals surface area contributed by atoms with Gasteiger partial charge >= 0.3 is 5.97 Å². The van der Waals surface area contributed by atoms with Crippen LogP contribution in [0.1, 0.15) is 21.5 Å². The Bertz CT molecular complexity index is 1000. The first kappa shape index (κ1) is 17.9. The van der Waals surface area contributed by atoms with Crippen LogP contribution in [-0.2, 0) is 4.79 Å². The number of hydrogen-bond acceptors (Lipinski definition) is 4. The van der Waals surface area contributed by atoms with Crippen molar-refractivity contribution in [1.29, 1.82) is 0 Å². The molecule has 0 spiro atoms. The number of carboxylic acids is 1. The fourth-order valence-corrected chi connectivity index (χ4v) is 3.44. The molecule has 132 valence electrons. The second kappa shape index (κ2) is 7.58. The van der Waals surface area contributed by atoms with E-state index in [1.165, 1.54) is 23.9 Å². The van der Waals surface area contributed by atoms with Gasteiger partial charge in [0, 0.05) is 11.1 Å². The first-order chi connectivity index (χ1) is 12.4. The number of thioether (sulfide) groups is 1. The van der Waals surface area contributed by atoms with E-state index in [0.29, 0.717) is 5.69 Å². The highest BCUT2D eigenvalue weighted by atomic mass is 32.2. The number of aromatic carboxylic acids is 1. The predicted octanol–water partition coefficient (Wildman–Crippen LogP) is 4.28. The molecule has 0 saturated heterocycles. The van der Waals surface area contributed by atoms with Crippen LogP contribution in [0.2, 0.25) is 0 Å². The molecule has 5 nitrogen and oxygen atoms in total. The van der Waals surface area contributed by atoms with Gasteiger partial charge in [-0.15, -0.1) is 0 Å². The van der Waals surface area contributed by atoms with Crippen molar-refractivity contribution in [3.05, 3.63) is 65.2 Å². The predicted molar refractivity (Wildman–Crippen MR) is 104 cm³/mol. The molecule has 2 N–H and O–H groups in total. The monoisotopic (exact) mass is 366 g/mol. The van der Waals surface area contributed by atoms with Gasteiger partial charge in [-0.05, 0) is 49.2 Å². The first-order valence-corrected chi connectivity index (χ1v) is 9.05. The van der Waals surface area contributed by atoms with Gasteiger partial charge in [0.1, 0.15) is 0 Å². The summed E-state index contributed by atoms with van der Waals surface area (Å²) in [4.78, 5) is 27.8. The highest BCUT2D eigenvalue weighted by Crippen LogP contribution is 2.25. The second-order valence-electron chi connectivity index (χ2n) is 5.97. The van der Waals surface area contributed by atoms with Crippen LogP contribution >= 0.6 is 11.8 Å². The van der Waals surface area contributed by atoms with Crippen LogP contribution in [-0.4, -0.2) is 27.7 Å². The van der Waals surface area contributed by atoms with Gasteiger partial charge < -0.3 is 10.4 Å².